The number of esters is 1. The van der Waals surface area contributed by atoms with E-state index in [0.717, 1.165) is 44.1 Å². The van der Waals surface area contributed by atoms with Crippen molar-refractivity contribution in [2.24, 2.45) is 5.92 Å². The number of hydrogen-bond acceptors (Lipinski definition) is 5. The largest absolute Gasteiger partial charge is 0.465 e. The first-order valence-electron chi connectivity index (χ1n) is 10.0. The summed E-state index contributed by atoms with van der Waals surface area (Å²) >= 11 is 6.48. The second-order valence-corrected chi connectivity index (χ2v) is 8.93. The molecule has 6 rings (SSSR count). The molecule has 4 aliphatic rings. The van der Waals surface area contributed by atoms with Crippen molar-refractivity contribution in [3.8, 4) is 0 Å². The summed E-state index contributed by atoms with van der Waals surface area (Å²) in [6.45, 7) is 0. The molecular formula is C22H21ClFN3O3. The normalized spacial score (nSPS) is 23.8. The number of carbonyl (C=O) groups is 2. The summed E-state index contributed by atoms with van der Waals surface area (Å²) < 4.78 is 19.7. The van der Waals surface area contributed by atoms with Crippen LogP contribution < -0.4 is 10.6 Å². The van der Waals surface area contributed by atoms with Gasteiger partial charge in [-0.25, -0.2) is 14.2 Å². The van der Waals surface area contributed by atoms with Gasteiger partial charge in [-0.2, -0.15) is 0 Å². The van der Waals surface area contributed by atoms with Gasteiger partial charge in [-0.15, -0.1) is 0 Å². The summed E-state index contributed by atoms with van der Waals surface area (Å²) in [7, 11) is 1.26. The molecule has 0 aliphatic heterocycles. The van der Waals surface area contributed by atoms with Crippen molar-refractivity contribution in [3.63, 3.8) is 0 Å². The monoisotopic (exact) mass is 429 g/mol. The first-order valence-corrected chi connectivity index (χ1v) is 10.4. The quantitative estimate of drug-likeness (QED) is 0.658. The van der Waals surface area contributed by atoms with E-state index in [1.54, 1.807) is 12.1 Å². The van der Waals surface area contributed by atoms with Crippen molar-refractivity contribution in [3.05, 3.63) is 51.9 Å². The Kier molecular flexibility index (Phi) is 4.47. The van der Waals surface area contributed by atoms with E-state index in [1.807, 2.05) is 0 Å². The Labute approximate surface area is 178 Å². The molecule has 2 bridgehead atoms. The van der Waals surface area contributed by atoms with Crippen LogP contribution in [-0.4, -0.2) is 29.5 Å². The lowest BCUT2D eigenvalue weighted by Crippen LogP contribution is -2.68. The highest BCUT2D eigenvalue weighted by Gasteiger charge is 2.57. The number of hydrogen-bond donors (Lipinski definition) is 2. The molecule has 4 saturated carbocycles. The minimum atomic E-state index is -0.596. The third kappa shape index (κ3) is 3.21. The highest BCUT2D eigenvalue weighted by molar-refractivity contribution is 6.36. The van der Waals surface area contributed by atoms with Crippen molar-refractivity contribution in [1.82, 2.24) is 10.3 Å². The molecule has 8 heteroatoms. The molecule has 2 N–H and O–H groups in total. The van der Waals surface area contributed by atoms with Gasteiger partial charge in [0, 0.05) is 11.7 Å². The fourth-order valence-electron chi connectivity index (χ4n) is 4.48. The zero-order chi connectivity index (χ0) is 21.0. The number of rotatable bonds is 6. The fraction of sp³-hybridized carbons (Fsp3) is 0.409. The Morgan fingerprint density at radius 3 is 2.60 bits per heavy atom. The minimum Gasteiger partial charge on any atom is -0.465 e. The number of anilines is 2. The molecule has 1 aromatic carbocycles. The zero-order valence-electron chi connectivity index (χ0n) is 16.4. The zero-order valence-corrected chi connectivity index (χ0v) is 17.2. The van der Waals surface area contributed by atoms with Gasteiger partial charge in [-0.1, -0.05) is 11.6 Å². The van der Waals surface area contributed by atoms with Crippen molar-refractivity contribution in [2.45, 2.75) is 43.6 Å². The Bertz CT molecular complexity index is 1050. The van der Waals surface area contributed by atoms with Crippen LogP contribution in [0.5, 0.6) is 0 Å². The number of nitrogens with one attached hydrogen (secondary N) is 2. The van der Waals surface area contributed by atoms with Gasteiger partial charge in [0.05, 0.1) is 28.9 Å². The van der Waals surface area contributed by atoms with Gasteiger partial charge >= 0.3 is 5.97 Å². The molecule has 4 fully saturated rings. The second-order valence-electron chi connectivity index (χ2n) is 8.55. The molecule has 156 valence electrons. The molecule has 0 radical (unpaired) electrons. The number of halogens is 2. The molecule has 0 spiro atoms. The van der Waals surface area contributed by atoms with Gasteiger partial charge in [-0.3, -0.25) is 4.79 Å². The van der Waals surface area contributed by atoms with Crippen LogP contribution in [0.3, 0.4) is 0 Å². The third-order valence-corrected chi connectivity index (χ3v) is 6.74. The van der Waals surface area contributed by atoms with E-state index < -0.39 is 11.8 Å². The molecule has 1 aromatic heterocycles. The van der Waals surface area contributed by atoms with Crippen LogP contribution in [0.25, 0.3) is 0 Å². The van der Waals surface area contributed by atoms with E-state index in [4.69, 9.17) is 16.3 Å². The van der Waals surface area contributed by atoms with E-state index >= 15 is 0 Å². The van der Waals surface area contributed by atoms with Gasteiger partial charge in [0.25, 0.3) is 5.91 Å². The summed E-state index contributed by atoms with van der Waals surface area (Å²) in [5.41, 5.74) is 1.29. The molecule has 0 atom stereocenters. The number of ether oxygens (including phenoxy) is 1. The summed E-state index contributed by atoms with van der Waals surface area (Å²) in [6, 6.07) is 4.34. The summed E-state index contributed by atoms with van der Waals surface area (Å²) in [4.78, 5) is 28.8. The topological polar surface area (TPSA) is 80.3 Å². The number of nitrogens with zero attached hydrogens (tertiary/aromatic N) is 1. The SMILES string of the molecule is COC(=O)c1cc(F)c(Nc2nccc(C(=O)NC34CC(C3)C4)c2Cl)c(C2CC2)c1. The van der Waals surface area contributed by atoms with Crippen LogP contribution in [0, 0.1) is 11.7 Å². The maximum atomic E-state index is 14.9. The summed E-state index contributed by atoms with van der Waals surface area (Å²) in [6.07, 6.45) is 6.36. The Morgan fingerprint density at radius 1 is 1.27 bits per heavy atom. The smallest absolute Gasteiger partial charge is 0.337 e. The molecule has 6 nitrogen and oxygen atoms in total. The molecule has 2 aromatic rings. The molecule has 1 amide bonds. The molecule has 0 unspecified atom stereocenters. The Balaban J connectivity index is 1.44. The third-order valence-electron chi connectivity index (χ3n) is 6.35. The lowest BCUT2D eigenvalue weighted by Gasteiger charge is -2.61. The Hall–Kier alpha value is -2.67. The van der Waals surface area contributed by atoms with Crippen LogP contribution in [0.1, 0.15) is 64.3 Å². The van der Waals surface area contributed by atoms with E-state index in [2.05, 4.69) is 15.6 Å². The van der Waals surface area contributed by atoms with Gasteiger partial charge < -0.3 is 15.4 Å². The van der Waals surface area contributed by atoms with Crippen molar-refractivity contribution < 1.29 is 18.7 Å². The van der Waals surface area contributed by atoms with Gasteiger partial charge in [0.15, 0.2) is 0 Å². The average Bonchev–Trinajstić information content (AvgIpc) is 3.50. The highest BCUT2D eigenvalue weighted by Crippen LogP contribution is 2.57. The number of carbonyl (C=O) groups excluding carboxylic acids is 2. The number of benzene rings is 1. The lowest BCUT2D eigenvalue weighted by atomic mass is 9.50. The predicted octanol–water partition coefficient (Wildman–Crippen LogP) is 4.56. The van der Waals surface area contributed by atoms with Crippen LogP contribution >= 0.6 is 11.6 Å². The standard InChI is InChI=1S/C22H21ClFN3O3/c1-30-21(29)13-6-15(12-2-3-12)18(16(24)7-13)26-19-17(23)14(4-5-25-19)20(28)27-22-8-11(9-22)10-22/h4-7,11-12H,2-3,8-10H2,1H3,(H,25,26)(H,27,28). The number of pyridine rings is 1. The van der Waals surface area contributed by atoms with Gasteiger partial charge in [0.2, 0.25) is 0 Å². The van der Waals surface area contributed by atoms with Crippen LogP contribution in [0.4, 0.5) is 15.9 Å². The molecular weight excluding hydrogens is 409 g/mol. The maximum absolute atomic E-state index is 14.9. The first kappa shape index (κ1) is 19.3. The first-order chi connectivity index (χ1) is 14.4. The van der Waals surface area contributed by atoms with Gasteiger partial charge in [0.1, 0.15) is 11.6 Å². The molecule has 30 heavy (non-hydrogen) atoms. The summed E-state index contributed by atoms with van der Waals surface area (Å²) in [5.74, 6) is -0.332. The molecule has 1 heterocycles. The highest BCUT2D eigenvalue weighted by atomic mass is 35.5. The summed E-state index contributed by atoms with van der Waals surface area (Å²) in [5, 5.41) is 6.18. The van der Waals surface area contributed by atoms with Crippen molar-refractivity contribution >= 4 is 35.0 Å². The van der Waals surface area contributed by atoms with E-state index in [9.17, 15) is 14.0 Å². The van der Waals surface area contributed by atoms with E-state index in [1.165, 1.54) is 13.3 Å². The van der Waals surface area contributed by atoms with Crippen molar-refractivity contribution in [2.75, 3.05) is 12.4 Å². The minimum absolute atomic E-state index is 0.0725. The lowest BCUT2D eigenvalue weighted by molar-refractivity contribution is -0.0438. The number of aromatic nitrogens is 1. The van der Waals surface area contributed by atoms with Crippen LogP contribution in [0.2, 0.25) is 5.02 Å². The average molecular weight is 430 g/mol. The van der Waals surface area contributed by atoms with Crippen LogP contribution in [0.15, 0.2) is 24.4 Å². The maximum Gasteiger partial charge on any atom is 0.337 e. The second kappa shape index (κ2) is 6.94. The van der Waals surface area contributed by atoms with Crippen LogP contribution in [-0.2, 0) is 4.74 Å². The fourth-order valence-corrected chi connectivity index (χ4v) is 4.72. The Morgan fingerprint density at radius 2 is 2.00 bits per heavy atom. The predicted molar refractivity (Wildman–Crippen MR) is 110 cm³/mol. The van der Waals surface area contributed by atoms with E-state index in [0.29, 0.717) is 11.1 Å². The van der Waals surface area contributed by atoms with E-state index in [-0.39, 0.29) is 39.5 Å². The molecule has 4 aliphatic carbocycles. The van der Waals surface area contributed by atoms with Crippen molar-refractivity contribution in [1.29, 1.82) is 0 Å². The number of methoxy groups -OCH3 is 1. The number of amides is 1. The van der Waals surface area contributed by atoms with Gasteiger partial charge in [-0.05, 0) is 67.7 Å². The molecule has 0 saturated heterocycles.